The van der Waals surface area contributed by atoms with Crippen LogP contribution in [0.15, 0.2) is 12.1 Å². The quantitative estimate of drug-likeness (QED) is 0.669. The predicted molar refractivity (Wildman–Crippen MR) is 81.3 cm³/mol. The number of ketones is 1. The van der Waals surface area contributed by atoms with Crippen LogP contribution in [0.2, 0.25) is 0 Å². The third-order valence-corrected chi connectivity index (χ3v) is 3.75. The molecule has 1 atom stereocenters. The number of benzene rings is 1. The fourth-order valence-electron chi connectivity index (χ4n) is 2.71. The van der Waals surface area contributed by atoms with Gasteiger partial charge in [0, 0.05) is 13.0 Å². The summed E-state index contributed by atoms with van der Waals surface area (Å²) in [4.78, 5) is 25.4. The van der Waals surface area contributed by atoms with E-state index in [0.29, 0.717) is 0 Å². The number of ether oxygens (including phenoxy) is 1. The van der Waals surface area contributed by atoms with Crippen molar-refractivity contribution in [3.8, 4) is 0 Å². The molecule has 1 amide bonds. The van der Waals surface area contributed by atoms with Gasteiger partial charge in [0.05, 0.1) is 11.1 Å². The van der Waals surface area contributed by atoms with Crippen molar-refractivity contribution in [2.24, 2.45) is 0 Å². The zero-order chi connectivity index (χ0) is 19.9. The van der Waals surface area contributed by atoms with Crippen molar-refractivity contribution in [2.45, 2.75) is 51.4 Å². The zero-order valence-electron chi connectivity index (χ0n) is 14.4. The Labute approximate surface area is 146 Å². The van der Waals surface area contributed by atoms with Crippen molar-refractivity contribution >= 4 is 11.9 Å². The first-order valence-corrected chi connectivity index (χ1v) is 7.90. The molecule has 0 bridgehead atoms. The third kappa shape index (κ3) is 4.31. The molecule has 1 aromatic rings. The van der Waals surface area contributed by atoms with E-state index in [0.717, 1.165) is 4.90 Å². The summed E-state index contributed by atoms with van der Waals surface area (Å²) in [7, 11) is 0. The van der Waals surface area contributed by atoms with Gasteiger partial charge in [0.15, 0.2) is 5.78 Å². The number of likely N-dealkylation sites (tertiary alicyclic amines) is 1. The second-order valence-corrected chi connectivity index (χ2v) is 7.00. The van der Waals surface area contributed by atoms with Gasteiger partial charge in [-0.1, -0.05) is 0 Å². The fraction of sp³-hybridized carbons (Fsp3) is 0.529. The average molecular weight is 379 g/mol. The number of piperidine rings is 1. The number of hydrogen-bond donors (Lipinski definition) is 0. The Kier molecular flexibility index (Phi) is 5.30. The molecule has 0 N–H and O–H groups in total. The lowest BCUT2D eigenvalue weighted by molar-refractivity contribution is -0.138. The van der Waals surface area contributed by atoms with Gasteiger partial charge in [-0.05, 0) is 39.3 Å². The summed E-state index contributed by atoms with van der Waals surface area (Å²) < 4.78 is 71.9. The van der Waals surface area contributed by atoms with E-state index in [1.54, 1.807) is 20.8 Å². The van der Waals surface area contributed by atoms with Crippen LogP contribution < -0.4 is 0 Å². The maximum atomic E-state index is 14.3. The number of alkyl halides is 3. The normalized spacial score (nSPS) is 18.8. The molecule has 1 aromatic carbocycles. The van der Waals surface area contributed by atoms with Crippen molar-refractivity contribution in [2.75, 3.05) is 6.54 Å². The maximum absolute atomic E-state index is 14.3. The van der Waals surface area contributed by atoms with Crippen molar-refractivity contribution in [3.63, 3.8) is 0 Å². The molecule has 1 unspecified atom stereocenters. The number of amides is 1. The van der Waals surface area contributed by atoms with E-state index in [2.05, 4.69) is 0 Å². The van der Waals surface area contributed by atoms with Gasteiger partial charge in [-0.2, -0.15) is 13.2 Å². The largest absolute Gasteiger partial charge is 0.444 e. The Hall–Kier alpha value is -2.19. The van der Waals surface area contributed by atoms with Gasteiger partial charge in [-0.15, -0.1) is 0 Å². The van der Waals surface area contributed by atoms with Gasteiger partial charge in [0.1, 0.15) is 23.3 Å². The molecular formula is C17H18F5NO3. The van der Waals surface area contributed by atoms with Gasteiger partial charge in [0.2, 0.25) is 0 Å². The number of carbonyl (C=O) groups excluding carboxylic acids is 2. The van der Waals surface area contributed by atoms with E-state index in [1.807, 2.05) is 0 Å². The lowest BCUT2D eigenvalue weighted by atomic mass is 9.92. The van der Waals surface area contributed by atoms with Crippen molar-refractivity contribution in [3.05, 3.63) is 34.9 Å². The summed E-state index contributed by atoms with van der Waals surface area (Å²) >= 11 is 0. The van der Waals surface area contributed by atoms with E-state index in [1.165, 1.54) is 0 Å². The summed E-state index contributed by atoms with van der Waals surface area (Å²) in [5, 5.41) is 0. The summed E-state index contributed by atoms with van der Waals surface area (Å²) in [6.07, 6.45) is -5.70. The first-order chi connectivity index (χ1) is 11.8. The van der Waals surface area contributed by atoms with E-state index >= 15 is 0 Å². The van der Waals surface area contributed by atoms with Crippen LogP contribution in [-0.4, -0.2) is 28.9 Å². The molecular weight excluding hydrogens is 361 g/mol. The van der Waals surface area contributed by atoms with E-state index in [-0.39, 0.29) is 31.5 Å². The summed E-state index contributed by atoms with van der Waals surface area (Å²) in [5.41, 5.74) is -3.31. The first kappa shape index (κ1) is 20.1. The molecule has 1 heterocycles. The smallest absolute Gasteiger partial charge is 0.416 e. The standard InChI is InChI=1S/C17H18F5NO3/c1-16(2,3)26-15(25)23-6-4-5-12(24)14(23)13-10(18)7-9(8-11(13)19)17(20,21)22/h7-8,14H,4-6H2,1-3H3. The van der Waals surface area contributed by atoms with Crippen molar-refractivity contribution in [1.29, 1.82) is 0 Å². The highest BCUT2D eigenvalue weighted by atomic mass is 19.4. The Bertz CT molecular complexity index is 701. The Balaban J connectivity index is 2.48. The van der Waals surface area contributed by atoms with Crippen molar-refractivity contribution < 1.29 is 36.3 Å². The molecule has 1 saturated heterocycles. The number of hydrogen-bond acceptors (Lipinski definition) is 3. The van der Waals surface area contributed by atoms with Crippen LogP contribution in [0.25, 0.3) is 0 Å². The molecule has 26 heavy (non-hydrogen) atoms. The van der Waals surface area contributed by atoms with E-state index < -0.39 is 52.5 Å². The lowest BCUT2D eigenvalue weighted by Gasteiger charge is -2.36. The van der Waals surface area contributed by atoms with Crippen LogP contribution >= 0.6 is 0 Å². The van der Waals surface area contributed by atoms with Crippen LogP contribution in [0, 0.1) is 11.6 Å². The Morgan fingerprint density at radius 3 is 2.15 bits per heavy atom. The molecule has 1 aliphatic rings. The minimum Gasteiger partial charge on any atom is -0.444 e. The van der Waals surface area contributed by atoms with Gasteiger partial charge >= 0.3 is 12.3 Å². The van der Waals surface area contributed by atoms with Crippen LogP contribution in [0.4, 0.5) is 26.7 Å². The van der Waals surface area contributed by atoms with Crippen LogP contribution in [-0.2, 0) is 15.7 Å². The molecule has 1 aliphatic heterocycles. The van der Waals surface area contributed by atoms with Gasteiger partial charge in [0.25, 0.3) is 0 Å². The number of rotatable bonds is 1. The van der Waals surface area contributed by atoms with E-state index in [9.17, 15) is 31.5 Å². The van der Waals surface area contributed by atoms with Gasteiger partial charge in [-0.25, -0.2) is 13.6 Å². The Morgan fingerprint density at radius 2 is 1.69 bits per heavy atom. The topological polar surface area (TPSA) is 46.6 Å². The maximum Gasteiger partial charge on any atom is 0.416 e. The zero-order valence-corrected chi connectivity index (χ0v) is 14.4. The van der Waals surface area contributed by atoms with Crippen LogP contribution in [0.3, 0.4) is 0 Å². The monoisotopic (exact) mass is 379 g/mol. The molecule has 2 rings (SSSR count). The minimum atomic E-state index is -4.94. The highest BCUT2D eigenvalue weighted by molar-refractivity contribution is 5.89. The third-order valence-electron chi connectivity index (χ3n) is 3.75. The molecule has 0 aromatic heterocycles. The molecule has 1 fully saturated rings. The average Bonchev–Trinajstić information content (AvgIpc) is 2.45. The molecule has 0 spiro atoms. The van der Waals surface area contributed by atoms with Gasteiger partial charge in [-0.3, -0.25) is 9.69 Å². The van der Waals surface area contributed by atoms with Crippen molar-refractivity contribution in [1.82, 2.24) is 4.90 Å². The minimum absolute atomic E-state index is 0.00871. The predicted octanol–water partition coefficient (Wildman–Crippen LogP) is 4.62. The molecule has 144 valence electrons. The fourth-order valence-corrected chi connectivity index (χ4v) is 2.71. The SMILES string of the molecule is CC(C)(C)OC(=O)N1CCCC(=O)C1c1c(F)cc(C(F)(F)F)cc1F. The number of Topliss-reactive ketones (excluding diaryl/α,β-unsaturated/α-hetero) is 1. The van der Waals surface area contributed by atoms with Crippen LogP contribution in [0.5, 0.6) is 0 Å². The molecule has 0 radical (unpaired) electrons. The van der Waals surface area contributed by atoms with Gasteiger partial charge < -0.3 is 4.74 Å². The lowest BCUT2D eigenvalue weighted by Crippen LogP contribution is -2.46. The number of carbonyl (C=O) groups is 2. The molecule has 4 nitrogen and oxygen atoms in total. The summed E-state index contributed by atoms with van der Waals surface area (Å²) in [6, 6.07) is -1.43. The number of nitrogens with zero attached hydrogens (tertiary/aromatic N) is 1. The number of halogens is 5. The molecule has 0 saturated carbocycles. The Morgan fingerprint density at radius 1 is 1.15 bits per heavy atom. The molecule has 9 heteroatoms. The highest BCUT2D eigenvalue weighted by Crippen LogP contribution is 2.37. The van der Waals surface area contributed by atoms with Crippen LogP contribution in [0.1, 0.15) is 50.8 Å². The molecule has 0 aliphatic carbocycles. The highest BCUT2D eigenvalue weighted by Gasteiger charge is 2.41. The first-order valence-electron chi connectivity index (χ1n) is 7.90. The summed E-state index contributed by atoms with van der Waals surface area (Å²) in [5.74, 6) is -3.74. The summed E-state index contributed by atoms with van der Waals surface area (Å²) in [6.45, 7) is 4.71. The second-order valence-electron chi connectivity index (χ2n) is 7.00. The second kappa shape index (κ2) is 6.85. The van der Waals surface area contributed by atoms with E-state index in [4.69, 9.17) is 4.74 Å².